The van der Waals surface area contributed by atoms with E-state index in [1.807, 2.05) is 6.07 Å². The molecule has 3 aromatic rings. The predicted molar refractivity (Wildman–Crippen MR) is 78.3 cm³/mol. The van der Waals surface area contributed by atoms with Gasteiger partial charge in [-0.3, -0.25) is 0 Å². The Morgan fingerprint density at radius 2 is 1.91 bits per heavy atom. The van der Waals surface area contributed by atoms with Gasteiger partial charge >= 0.3 is 6.43 Å². The van der Waals surface area contributed by atoms with Gasteiger partial charge in [-0.15, -0.1) is 10.2 Å². The second-order valence-corrected chi connectivity index (χ2v) is 4.97. The lowest BCUT2D eigenvalue weighted by atomic mass is 10.0. The van der Waals surface area contributed by atoms with Gasteiger partial charge in [0.2, 0.25) is 5.89 Å². The maximum atomic E-state index is 14.2. The summed E-state index contributed by atoms with van der Waals surface area (Å²) in [5.74, 6) is -1.42. The average molecular weight is 319 g/mol. The lowest BCUT2D eigenvalue weighted by molar-refractivity contribution is 0.116. The van der Waals surface area contributed by atoms with Gasteiger partial charge in [0.1, 0.15) is 5.82 Å². The van der Waals surface area contributed by atoms with Crippen molar-refractivity contribution in [2.75, 3.05) is 5.73 Å². The van der Waals surface area contributed by atoms with E-state index in [9.17, 15) is 13.2 Å². The second-order valence-electron chi connectivity index (χ2n) is 4.97. The molecule has 0 radical (unpaired) electrons. The molecular formula is C16H12F3N3O. The summed E-state index contributed by atoms with van der Waals surface area (Å²) in [7, 11) is 0. The molecule has 0 fully saturated rings. The minimum Gasteiger partial charge on any atom is -0.415 e. The predicted octanol–water partition coefficient (Wildman–Crippen LogP) is 3.99. The third-order valence-electron chi connectivity index (χ3n) is 3.27. The molecule has 1 heterocycles. The first-order chi connectivity index (χ1) is 11.0. The van der Waals surface area contributed by atoms with E-state index in [0.29, 0.717) is 17.7 Å². The normalized spacial score (nSPS) is 11.1. The van der Waals surface area contributed by atoms with E-state index in [4.69, 9.17) is 10.2 Å². The van der Waals surface area contributed by atoms with E-state index in [2.05, 4.69) is 10.2 Å². The fourth-order valence-electron chi connectivity index (χ4n) is 2.19. The van der Waals surface area contributed by atoms with Crippen LogP contribution in [0.4, 0.5) is 18.9 Å². The molecule has 0 spiro atoms. The Bertz CT molecular complexity index is 833. The molecule has 7 heteroatoms. The number of rotatable bonds is 4. The molecule has 4 nitrogen and oxygen atoms in total. The summed E-state index contributed by atoms with van der Waals surface area (Å²) in [6, 6.07) is 11.4. The van der Waals surface area contributed by atoms with Crippen LogP contribution in [-0.2, 0) is 6.42 Å². The second kappa shape index (κ2) is 6.12. The van der Waals surface area contributed by atoms with Crippen molar-refractivity contribution in [1.82, 2.24) is 10.2 Å². The smallest absolute Gasteiger partial charge is 0.314 e. The van der Waals surface area contributed by atoms with Gasteiger partial charge in [0, 0.05) is 17.7 Å². The molecule has 2 N–H and O–H groups in total. The molecule has 0 saturated carbocycles. The number of hydrogen-bond donors (Lipinski definition) is 1. The number of alkyl halides is 2. The molecule has 0 aliphatic carbocycles. The zero-order valence-corrected chi connectivity index (χ0v) is 11.8. The Labute approximate surface area is 129 Å². The number of nitrogens with two attached hydrogens (primary N) is 1. The lowest BCUT2D eigenvalue weighted by Crippen LogP contribution is -1.95. The van der Waals surface area contributed by atoms with Gasteiger partial charge in [-0.1, -0.05) is 18.2 Å². The maximum Gasteiger partial charge on any atom is 0.314 e. The van der Waals surface area contributed by atoms with Crippen LogP contribution in [0.5, 0.6) is 0 Å². The molecule has 23 heavy (non-hydrogen) atoms. The van der Waals surface area contributed by atoms with E-state index in [1.54, 1.807) is 30.3 Å². The van der Waals surface area contributed by atoms with Gasteiger partial charge in [-0.25, -0.2) is 4.39 Å². The number of nitrogen functional groups attached to an aromatic ring is 1. The Morgan fingerprint density at radius 3 is 2.57 bits per heavy atom. The molecule has 0 aliphatic rings. The zero-order chi connectivity index (χ0) is 16.4. The highest BCUT2D eigenvalue weighted by Gasteiger charge is 2.17. The van der Waals surface area contributed by atoms with E-state index in [1.165, 1.54) is 6.07 Å². The number of benzene rings is 2. The van der Waals surface area contributed by atoms with Crippen LogP contribution in [0.2, 0.25) is 0 Å². The van der Waals surface area contributed by atoms with Crippen LogP contribution in [-0.4, -0.2) is 10.2 Å². The Morgan fingerprint density at radius 1 is 1.09 bits per heavy atom. The van der Waals surface area contributed by atoms with E-state index in [-0.39, 0.29) is 11.5 Å². The third-order valence-corrected chi connectivity index (χ3v) is 3.27. The van der Waals surface area contributed by atoms with Crippen molar-refractivity contribution in [2.24, 2.45) is 0 Å². The first-order valence-corrected chi connectivity index (χ1v) is 6.77. The Balaban J connectivity index is 1.85. The molecule has 0 aliphatic heterocycles. The van der Waals surface area contributed by atoms with Gasteiger partial charge in [0.25, 0.3) is 5.89 Å². The van der Waals surface area contributed by atoms with Gasteiger partial charge in [-0.05, 0) is 35.4 Å². The lowest BCUT2D eigenvalue weighted by Gasteiger charge is -2.05. The fourth-order valence-corrected chi connectivity index (χ4v) is 2.19. The minimum absolute atomic E-state index is 0.144. The van der Waals surface area contributed by atoms with Crippen LogP contribution < -0.4 is 5.73 Å². The van der Waals surface area contributed by atoms with Gasteiger partial charge < -0.3 is 10.2 Å². The monoisotopic (exact) mass is 319 g/mol. The van der Waals surface area contributed by atoms with Crippen molar-refractivity contribution < 1.29 is 17.6 Å². The van der Waals surface area contributed by atoms with E-state index < -0.39 is 18.1 Å². The van der Waals surface area contributed by atoms with Crippen molar-refractivity contribution in [3.8, 4) is 11.5 Å². The number of hydrogen-bond acceptors (Lipinski definition) is 4. The number of halogens is 3. The zero-order valence-electron chi connectivity index (χ0n) is 11.8. The molecule has 0 unspecified atom stereocenters. The number of nitrogens with zero attached hydrogens (tertiary/aromatic N) is 2. The highest BCUT2D eigenvalue weighted by atomic mass is 19.3. The highest BCUT2D eigenvalue weighted by Crippen LogP contribution is 2.25. The summed E-state index contributed by atoms with van der Waals surface area (Å²) in [6.45, 7) is 0. The first kappa shape index (κ1) is 15.1. The first-order valence-electron chi connectivity index (χ1n) is 6.77. The summed E-state index contributed by atoms with van der Waals surface area (Å²) < 4.78 is 43.9. The maximum absolute atomic E-state index is 14.2. The van der Waals surface area contributed by atoms with Crippen LogP contribution >= 0.6 is 0 Å². The summed E-state index contributed by atoms with van der Waals surface area (Å²) in [5.41, 5.74) is 7.87. The van der Waals surface area contributed by atoms with Crippen LogP contribution in [0.3, 0.4) is 0 Å². The minimum atomic E-state index is -2.86. The summed E-state index contributed by atoms with van der Waals surface area (Å²) >= 11 is 0. The average Bonchev–Trinajstić information content (AvgIpc) is 2.99. The molecular weight excluding hydrogens is 307 g/mol. The largest absolute Gasteiger partial charge is 0.415 e. The van der Waals surface area contributed by atoms with Gasteiger partial charge in [0.05, 0.1) is 0 Å². The molecule has 3 rings (SSSR count). The van der Waals surface area contributed by atoms with E-state index >= 15 is 0 Å². The molecule has 1 aromatic heterocycles. The van der Waals surface area contributed by atoms with Crippen molar-refractivity contribution in [2.45, 2.75) is 12.8 Å². The van der Waals surface area contributed by atoms with Gasteiger partial charge in [-0.2, -0.15) is 8.78 Å². The molecule has 0 bridgehead atoms. The van der Waals surface area contributed by atoms with Crippen molar-refractivity contribution in [3.05, 3.63) is 65.3 Å². The summed E-state index contributed by atoms with van der Waals surface area (Å²) in [6.07, 6.45) is -2.49. The van der Waals surface area contributed by atoms with Crippen LogP contribution in [0.15, 0.2) is 46.9 Å². The highest BCUT2D eigenvalue weighted by molar-refractivity contribution is 5.54. The summed E-state index contributed by atoms with van der Waals surface area (Å²) in [5, 5.41) is 6.71. The number of anilines is 1. The third kappa shape index (κ3) is 3.33. The fraction of sp³-hybridized carbons (Fsp3) is 0.125. The SMILES string of the molecule is Nc1cccc(Cc2ccc(-c3nnc(C(F)F)o3)cc2F)c1. The Kier molecular flexibility index (Phi) is 4.01. The van der Waals surface area contributed by atoms with Crippen LogP contribution in [0.25, 0.3) is 11.5 Å². The van der Waals surface area contributed by atoms with Crippen molar-refractivity contribution in [1.29, 1.82) is 0 Å². The molecule has 118 valence electrons. The molecule has 0 amide bonds. The Hall–Kier alpha value is -2.83. The van der Waals surface area contributed by atoms with Crippen LogP contribution in [0, 0.1) is 5.82 Å². The molecule has 0 atom stereocenters. The van der Waals surface area contributed by atoms with Crippen LogP contribution in [0.1, 0.15) is 23.4 Å². The molecule has 2 aromatic carbocycles. The van der Waals surface area contributed by atoms with Crippen molar-refractivity contribution in [3.63, 3.8) is 0 Å². The topological polar surface area (TPSA) is 64.9 Å². The summed E-state index contributed by atoms with van der Waals surface area (Å²) in [4.78, 5) is 0. The van der Waals surface area contributed by atoms with Crippen molar-refractivity contribution >= 4 is 5.69 Å². The van der Waals surface area contributed by atoms with Gasteiger partial charge in [0.15, 0.2) is 0 Å². The van der Waals surface area contributed by atoms with E-state index in [0.717, 1.165) is 5.56 Å². The quantitative estimate of drug-likeness (QED) is 0.739. The molecule has 0 saturated heterocycles. The number of aromatic nitrogens is 2. The standard InChI is InChI=1S/C16H12F3N3O/c17-13-8-11(15-21-22-16(23-15)14(18)19)5-4-10(13)6-9-2-1-3-12(20)7-9/h1-5,7-8,14H,6,20H2.